The summed E-state index contributed by atoms with van der Waals surface area (Å²) < 4.78 is 10.9. The van der Waals surface area contributed by atoms with Crippen LogP contribution in [0.3, 0.4) is 0 Å². The summed E-state index contributed by atoms with van der Waals surface area (Å²) in [5.74, 6) is -0.272. The summed E-state index contributed by atoms with van der Waals surface area (Å²) in [7, 11) is -0.444. The number of methoxy groups -OCH3 is 1. The van der Waals surface area contributed by atoms with E-state index in [0.717, 1.165) is 0 Å². The van der Waals surface area contributed by atoms with Gasteiger partial charge in [0.1, 0.15) is 6.04 Å². The Labute approximate surface area is 125 Å². The standard InChI is InChI=1S/C15H31NO3Si/c1-12(2)9-10-16-13(14(17)18-6)11-19-20(7,8)15(3,4)5/h9,13,16H,10-11H2,1-8H3/t13-/m1/s1. The van der Waals surface area contributed by atoms with E-state index >= 15 is 0 Å². The Balaban J connectivity index is 4.60. The van der Waals surface area contributed by atoms with Gasteiger partial charge in [0.05, 0.1) is 13.7 Å². The van der Waals surface area contributed by atoms with Gasteiger partial charge in [-0.05, 0) is 32.0 Å². The van der Waals surface area contributed by atoms with Crippen LogP contribution in [0.2, 0.25) is 18.1 Å². The Bertz CT molecular complexity index is 342. The number of nitrogens with one attached hydrogen (secondary N) is 1. The topological polar surface area (TPSA) is 47.6 Å². The molecule has 20 heavy (non-hydrogen) atoms. The van der Waals surface area contributed by atoms with Crippen LogP contribution in [0.25, 0.3) is 0 Å². The highest BCUT2D eigenvalue weighted by atomic mass is 28.4. The van der Waals surface area contributed by atoms with Crippen LogP contribution < -0.4 is 5.32 Å². The summed E-state index contributed by atoms with van der Waals surface area (Å²) in [6.07, 6.45) is 2.04. The Hall–Kier alpha value is -0.653. The van der Waals surface area contributed by atoms with Gasteiger partial charge in [0, 0.05) is 6.54 Å². The lowest BCUT2D eigenvalue weighted by Gasteiger charge is -2.37. The minimum atomic E-state index is -1.85. The molecule has 0 radical (unpaired) electrons. The minimum absolute atomic E-state index is 0.133. The van der Waals surface area contributed by atoms with E-state index in [1.54, 1.807) is 0 Å². The zero-order chi connectivity index (χ0) is 16.0. The van der Waals surface area contributed by atoms with Crippen LogP contribution in [-0.4, -0.2) is 40.6 Å². The molecule has 0 unspecified atom stereocenters. The van der Waals surface area contributed by atoms with E-state index in [1.807, 2.05) is 19.9 Å². The first-order chi connectivity index (χ1) is 9.01. The summed E-state index contributed by atoms with van der Waals surface area (Å²) in [6, 6.07) is -0.412. The average molecular weight is 302 g/mol. The van der Waals surface area contributed by atoms with Crippen molar-refractivity contribution >= 4 is 14.3 Å². The normalized spacial score (nSPS) is 13.8. The van der Waals surface area contributed by atoms with Crippen molar-refractivity contribution in [3.63, 3.8) is 0 Å². The number of hydrogen-bond donors (Lipinski definition) is 1. The van der Waals surface area contributed by atoms with Crippen LogP contribution in [0.15, 0.2) is 11.6 Å². The number of esters is 1. The lowest BCUT2D eigenvalue weighted by atomic mass is 10.2. The second-order valence-corrected chi connectivity index (χ2v) is 11.6. The molecular weight excluding hydrogens is 270 g/mol. The predicted octanol–water partition coefficient (Wildman–Crippen LogP) is 3.11. The molecule has 0 aromatic heterocycles. The molecule has 0 aromatic rings. The van der Waals surface area contributed by atoms with E-state index in [2.05, 4.69) is 39.2 Å². The van der Waals surface area contributed by atoms with E-state index in [9.17, 15) is 4.79 Å². The van der Waals surface area contributed by atoms with Crippen LogP contribution in [-0.2, 0) is 14.0 Å². The summed E-state index contributed by atoms with van der Waals surface area (Å²) in [5, 5.41) is 3.30. The maximum absolute atomic E-state index is 11.8. The van der Waals surface area contributed by atoms with Gasteiger partial charge in [-0.3, -0.25) is 10.1 Å². The minimum Gasteiger partial charge on any atom is -0.468 e. The maximum atomic E-state index is 11.8. The van der Waals surface area contributed by atoms with Crippen LogP contribution in [0.5, 0.6) is 0 Å². The van der Waals surface area contributed by atoms with E-state index in [4.69, 9.17) is 9.16 Å². The molecule has 1 atom stereocenters. The maximum Gasteiger partial charge on any atom is 0.325 e. The van der Waals surface area contributed by atoms with E-state index in [-0.39, 0.29) is 11.0 Å². The fraction of sp³-hybridized carbons (Fsp3) is 0.800. The Morgan fingerprint density at radius 3 is 2.25 bits per heavy atom. The smallest absolute Gasteiger partial charge is 0.325 e. The van der Waals surface area contributed by atoms with Gasteiger partial charge in [-0.25, -0.2) is 0 Å². The fourth-order valence-electron chi connectivity index (χ4n) is 1.27. The molecule has 5 heteroatoms. The molecule has 0 saturated carbocycles. The van der Waals surface area contributed by atoms with E-state index in [0.29, 0.717) is 13.2 Å². The molecule has 0 aliphatic carbocycles. The summed E-state index contributed by atoms with van der Waals surface area (Å²) in [5.41, 5.74) is 1.21. The zero-order valence-corrected chi connectivity index (χ0v) is 15.3. The molecule has 118 valence electrons. The monoisotopic (exact) mass is 301 g/mol. The van der Waals surface area contributed by atoms with E-state index < -0.39 is 14.4 Å². The van der Waals surface area contributed by atoms with Gasteiger partial charge in [-0.15, -0.1) is 0 Å². The Morgan fingerprint density at radius 1 is 1.30 bits per heavy atom. The van der Waals surface area contributed by atoms with Crippen molar-refractivity contribution in [1.82, 2.24) is 5.32 Å². The van der Waals surface area contributed by atoms with Crippen molar-refractivity contribution in [1.29, 1.82) is 0 Å². The Morgan fingerprint density at radius 2 is 1.85 bits per heavy atom. The number of carbonyl (C=O) groups is 1. The quantitative estimate of drug-likeness (QED) is 0.446. The molecular formula is C15H31NO3Si. The zero-order valence-electron chi connectivity index (χ0n) is 14.3. The number of ether oxygens (including phenoxy) is 1. The van der Waals surface area contributed by atoms with E-state index in [1.165, 1.54) is 12.7 Å². The van der Waals surface area contributed by atoms with Gasteiger partial charge in [0.2, 0.25) is 0 Å². The molecule has 0 fully saturated rings. The van der Waals surface area contributed by atoms with Gasteiger partial charge < -0.3 is 9.16 Å². The Kier molecular flexibility index (Phi) is 7.69. The summed E-state index contributed by atoms with van der Waals surface area (Å²) in [6.45, 7) is 16.0. The second-order valence-electron chi connectivity index (χ2n) is 6.84. The van der Waals surface area contributed by atoms with Crippen molar-refractivity contribution in [2.75, 3.05) is 20.3 Å². The lowest BCUT2D eigenvalue weighted by Crippen LogP contribution is -2.48. The van der Waals surface area contributed by atoms with Crippen LogP contribution in [0.1, 0.15) is 34.6 Å². The third-order valence-corrected chi connectivity index (χ3v) is 8.28. The molecule has 4 nitrogen and oxygen atoms in total. The molecule has 0 aliphatic heterocycles. The van der Waals surface area contributed by atoms with Crippen LogP contribution in [0, 0.1) is 0 Å². The van der Waals surface area contributed by atoms with Gasteiger partial charge in [0.25, 0.3) is 0 Å². The van der Waals surface area contributed by atoms with Gasteiger partial charge in [-0.1, -0.05) is 32.4 Å². The molecule has 0 amide bonds. The summed E-state index contributed by atoms with van der Waals surface area (Å²) >= 11 is 0. The summed E-state index contributed by atoms with van der Waals surface area (Å²) in [4.78, 5) is 11.8. The first kappa shape index (κ1) is 19.3. The number of hydrogen-bond acceptors (Lipinski definition) is 4. The molecule has 0 spiro atoms. The number of rotatable bonds is 7. The molecule has 1 N–H and O–H groups in total. The van der Waals surface area contributed by atoms with Crippen LogP contribution in [0.4, 0.5) is 0 Å². The second kappa shape index (κ2) is 7.95. The molecule has 0 rings (SSSR count). The lowest BCUT2D eigenvalue weighted by molar-refractivity contribution is -0.143. The number of carbonyl (C=O) groups excluding carboxylic acids is 1. The molecule has 0 aromatic carbocycles. The first-order valence-electron chi connectivity index (χ1n) is 7.10. The van der Waals surface area contributed by atoms with Crippen molar-refractivity contribution in [2.45, 2.75) is 58.8 Å². The molecule has 0 saturated heterocycles. The molecule has 0 bridgehead atoms. The number of allylic oxidation sites excluding steroid dienone is 1. The molecule has 0 aliphatic rings. The van der Waals surface area contributed by atoms with Crippen molar-refractivity contribution in [3.05, 3.63) is 11.6 Å². The van der Waals surface area contributed by atoms with Gasteiger partial charge in [0.15, 0.2) is 8.32 Å². The van der Waals surface area contributed by atoms with Crippen molar-refractivity contribution in [3.8, 4) is 0 Å². The van der Waals surface area contributed by atoms with Crippen LogP contribution >= 0.6 is 0 Å². The largest absolute Gasteiger partial charge is 0.468 e. The third-order valence-electron chi connectivity index (χ3n) is 3.78. The SMILES string of the molecule is COC(=O)[C@@H](CO[Si](C)(C)C(C)(C)C)NCC=C(C)C. The van der Waals surface area contributed by atoms with Gasteiger partial charge >= 0.3 is 5.97 Å². The first-order valence-corrected chi connectivity index (χ1v) is 10.0. The predicted molar refractivity (Wildman–Crippen MR) is 86.4 cm³/mol. The molecule has 0 heterocycles. The van der Waals surface area contributed by atoms with Gasteiger partial charge in [-0.2, -0.15) is 0 Å². The highest BCUT2D eigenvalue weighted by Gasteiger charge is 2.38. The fourth-order valence-corrected chi connectivity index (χ4v) is 2.28. The average Bonchev–Trinajstić information content (AvgIpc) is 2.30. The van der Waals surface area contributed by atoms with Crippen molar-refractivity contribution < 1.29 is 14.0 Å². The highest BCUT2D eigenvalue weighted by molar-refractivity contribution is 6.74. The highest BCUT2D eigenvalue weighted by Crippen LogP contribution is 2.36. The third kappa shape index (κ3) is 6.68. The van der Waals surface area contributed by atoms with Crippen molar-refractivity contribution in [2.24, 2.45) is 0 Å².